The molecule has 0 fully saturated rings. The average Bonchev–Trinajstić information content (AvgIpc) is 3.19. The van der Waals surface area contributed by atoms with Crippen LogP contribution in [-0.4, -0.2) is 21.3 Å². The first kappa shape index (κ1) is 22.1. The van der Waals surface area contributed by atoms with Gasteiger partial charge in [-0.05, 0) is 75.8 Å². The van der Waals surface area contributed by atoms with E-state index in [-0.39, 0.29) is 5.92 Å². The summed E-state index contributed by atoms with van der Waals surface area (Å²) in [4.78, 5) is 0. The van der Waals surface area contributed by atoms with Crippen LogP contribution in [-0.2, 0) is 0 Å². The molecule has 0 saturated heterocycles. The molecule has 0 amide bonds. The number of fused-ring (bicyclic) bond motifs is 1. The maximum atomic E-state index is 7.16. The molecule has 1 atom stereocenters. The van der Waals surface area contributed by atoms with Crippen LogP contribution >= 0.6 is 11.6 Å². The minimum absolute atomic E-state index is 0.0575. The summed E-state index contributed by atoms with van der Waals surface area (Å²) in [5.74, 6) is 2.43. The van der Waals surface area contributed by atoms with Crippen molar-refractivity contribution in [3.63, 3.8) is 0 Å². The van der Waals surface area contributed by atoms with E-state index < -0.39 is 0 Å². The summed E-state index contributed by atoms with van der Waals surface area (Å²) in [6, 6.07) is 30.9. The van der Waals surface area contributed by atoms with Gasteiger partial charge in [-0.2, -0.15) is 0 Å². The number of allylic oxidation sites excluding steroid dienone is 1. The lowest BCUT2D eigenvalue weighted by Gasteiger charge is -2.15. The van der Waals surface area contributed by atoms with Gasteiger partial charge in [0.2, 0.25) is 0 Å². The summed E-state index contributed by atoms with van der Waals surface area (Å²) in [7, 11) is 5.03. The van der Waals surface area contributed by atoms with Crippen molar-refractivity contribution >= 4 is 17.2 Å². The molecule has 0 spiro atoms. The van der Waals surface area contributed by atoms with Crippen LogP contribution in [0.5, 0.6) is 17.2 Å². The molecule has 0 radical (unpaired) electrons. The van der Waals surface area contributed by atoms with E-state index in [1.807, 2.05) is 36.4 Å². The fraction of sp³-hybridized carbons (Fsp3) is 0.133. The Morgan fingerprint density at radius 3 is 1.56 bits per heavy atom. The van der Waals surface area contributed by atoms with Crippen LogP contribution < -0.4 is 14.2 Å². The lowest BCUT2D eigenvalue weighted by atomic mass is 9.90. The molecule has 5 rings (SSSR count). The summed E-state index contributed by atoms with van der Waals surface area (Å²) in [6.45, 7) is 0. The van der Waals surface area contributed by atoms with Crippen molar-refractivity contribution in [1.82, 2.24) is 0 Å². The number of hydrogen-bond donors (Lipinski definition) is 0. The molecule has 34 heavy (non-hydrogen) atoms. The van der Waals surface area contributed by atoms with Crippen LogP contribution in [0.25, 0.3) is 16.7 Å². The zero-order chi connectivity index (χ0) is 23.7. The van der Waals surface area contributed by atoms with E-state index in [4.69, 9.17) is 25.8 Å². The van der Waals surface area contributed by atoms with E-state index in [1.54, 1.807) is 21.3 Å². The predicted octanol–water partition coefficient (Wildman–Crippen LogP) is 7.52. The first-order valence-electron chi connectivity index (χ1n) is 11.1. The second-order valence-corrected chi connectivity index (χ2v) is 8.60. The Morgan fingerprint density at radius 2 is 1.03 bits per heavy atom. The minimum Gasteiger partial charge on any atom is -0.497 e. The van der Waals surface area contributed by atoms with Crippen molar-refractivity contribution in [1.29, 1.82) is 0 Å². The van der Waals surface area contributed by atoms with Crippen LogP contribution in [0.1, 0.15) is 28.2 Å². The van der Waals surface area contributed by atoms with Gasteiger partial charge in [0.25, 0.3) is 0 Å². The summed E-state index contributed by atoms with van der Waals surface area (Å²) in [6.07, 6.45) is 0. The Balaban J connectivity index is 1.65. The van der Waals surface area contributed by atoms with E-state index >= 15 is 0 Å². The molecule has 3 nitrogen and oxygen atoms in total. The summed E-state index contributed by atoms with van der Waals surface area (Å²) >= 11 is 7.16. The van der Waals surface area contributed by atoms with E-state index in [0.717, 1.165) is 55.7 Å². The normalized spacial score (nSPS) is 14.6. The molecule has 1 aliphatic rings. The first-order chi connectivity index (χ1) is 16.6. The highest BCUT2D eigenvalue weighted by atomic mass is 35.5. The molecule has 0 heterocycles. The molecule has 170 valence electrons. The molecule has 0 N–H and O–H groups in total. The van der Waals surface area contributed by atoms with Crippen molar-refractivity contribution in [3.05, 3.63) is 118 Å². The molecular formula is C30H25ClO3. The second-order valence-electron chi connectivity index (χ2n) is 8.19. The highest BCUT2D eigenvalue weighted by Crippen LogP contribution is 2.51. The van der Waals surface area contributed by atoms with E-state index in [0.29, 0.717) is 0 Å². The monoisotopic (exact) mass is 468 g/mol. The largest absolute Gasteiger partial charge is 0.497 e. The third-order valence-electron chi connectivity index (χ3n) is 6.38. The Kier molecular flexibility index (Phi) is 6.04. The van der Waals surface area contributed by atoms with Crippen molar-refractivity contribution < 1.29 is 14.2 Å². The SMILES string of the molecule is COc1ccc(C2=C(Cl)C(c3ccc(OC)cc3)c3cc(-c4ccc(OC)cc4)ccc32)cc1. The molecule has 4 aromatic carbocycles. The average molecular weight is 469 g/mol. The Bertz CT molecular complexity index is 1340. The quantitative estimate of drug-likeness (QED) is 0.293. The van der Waals surface area contributed by atoms with Gasteiger partial charge in [-0.1, -0.05) is 60.1 Å². The van der Waals surface area contributed by atoms with Crippen molar-refractivity contribution in [2.24, 2.45) is 0 Å². The van der Waals surface area contributed by atoms with Crippen LogP contribution in [0.3, 0.4) is 0 Å². The van der Waals surface area contributed by atoms with Crippen LogP contribution in [0.4, 0.5) is 0 Å². The predicted molar refractivity (Wildman–Crippen MR) is 138 cm³/mol. The second kappa shape index (κ2) is 9.28. The lowest BCUT2D eigenvalue weighted by molar-refractivity contribution is 0.414. The summed E-state index contributed by atoms with van der Waals surface area (Å²) in [5, 5.41) is 0.817. The van der Waals surface area contributed by atoms with E-state index in [2.05, 4.69) is 54.6 Å². The van der Waals surface area contributed by atoms with Crippen LogP contribution in [0, 0.1) is 0 Å². The van der Waals surface area contributed by atoms with Crippen molar-refractivity contribution in [2.45, 2.75) is 5.92 Å². The number of halogens is 1. The number of ether oxygens (including phenoxy) is 3. The lowest BCUT2D eigenvalue weighted by Crippen LogP contribution is -1.99. The van der Waals surface area contributed by atoms with Gasteiger partial charge in [0, 0.05) is 16.5 Å². The van der Waals surface area contributed by atoms with Gasteiger partial charge in [-0.3, -0.25) is 0 Å². The van der Waals surface area contributed by atoms with Gasteiger partial charge in [0.1, 0.15) is 17.2 Å². The Labute approximate surface area is 205 Å². The molecule has 0 aromatic heterocycles. The van der Waals surface area contributed by atoms with Gasteiger partial charge in [0.05, 0.1) is 21.3 Å². The molecule has 1 aliphatic carbocycles. The van der Waals surface area contributed by atoms with Crippen LogP contribution in [0.15, 0.2) is 96.0 Å². The van der Waals surface area contributed by atoms with E-state index in [1.165, 1.54) is 5.56 Å². The molecule has 0 aliphatic heterocycles. The third-order valence-corrected chi connectivity index (χ3v) is 6.78. The first-order valence-corrected chi connectivity index (χ1v) is 11.5. The highest BCUT2D eigenvalue weighted by molar-refractivity contribution is 6.35. The summed E-state index contributed by atoms with van der Waals surface area (Å²) < 4.78 is 16.0. The zero-order valence-electron chi connectivity index (χ0n) is 19.3. The van der Waals surface area contributed by atoms with E-state index in [9.17, 15) is 0 Å². The molecule has 0 saturated carbocycles. The van der Waals surface area contributed by atoms with Crippen LogP contribution in [0.2, 0.25) is 0 Å². The maximum Gasteiger partial charge on any atom is 0.118 e. The number of rotatable bonds is 6. The third kappa shape index (κ3) is 3.93. The smallest absolute Gasteiger partial charge is 0.118 e. The number of methoxy groups -OCH3 is 3. The fourth-order valence-corrected chi connectivity index (χ4v) is 5.03. The Morgan fingerprint density at radius 1 is 0.559 bits per heavy atom. The van der Waals surface area contributed by atoms with Gasteiger partial charge < -0.3 is 14.2 Å². The van der Waals surface area contributed by atoms with Gasteiger partial charge >= 0.3 is 0 Å². The Hall–Kier alpha value is -3.69. The molecular weight excluding hydrogens is 444 g/mol. The topological polar surface area (TPSA) is 27.7 Å². The van der Waals surface area contributed by atoms with Gasteiger partial charge in [-0.25, -0.2) is 0 Å². The molecule has 4 aromatic rings. The van der Waals surface area contributed by atoms with Gasteiger partial charge in [0.15, 0.2) is 0 Å². The van der Waals surface area contributed by atoms with Crippen molar-refractivity contribution in [2.75, 3.05) is 21.3 Å². The fourth-order valence-electron chi connectivity index (χ4n) is 4.58. The highest BCUT2D eigenvalue weighted by Gasteiger charge is 2.32. The standard InChI is InChI=1S/C30H25ClO3/c1-32-23-11-4-19(5-12-23)22-10-17-26-27(18-22)29(21-8-15-25(34-3)16-9-21)30(31)28(26)20-6-13-24(33-2)14-7-20/h4-18,29H,1-3H3. The number of benzene rings is 4. The molecule has 1 unspecified atom stereocenters. The van der Waals surface area contributed by atoms with Gasteiger partial charge in [-0.15, -0.1) is 0 Å². The maximum absolute atomic E-state index is 7.16. The number of hydrogen-bond acceptors (Lipinski definition) is 3. The zero-order valence-corrected chi connectivity index (χ0v) is 20.1. The molecule has 0 bridgehead atoms. The minimum atomic E-state index is -0.0575. The molecule has 4 heteroatoms. The summed E-state index contributed by atoms with van der Waals surface area (Å²) in [5.41, 5.74) is 7.86. The van der Waals surface area contributed by atoms with Crippen molar-refractivity contribution in [3.8, 4) is 28.4 Å².